The zero-order valence-corrected chi connectivity index (χ0v) is 9.67. The molecule has 4 heteroatoms. The Morgan fingerprint density at radius 2 is 2.27 bits per heavy atom. The molecule has 3 nitrogen and oxygen atoms in total. The van der Waals surface area contributed by atoms with Crippen molar-refractivity contribution < 1.29 is 9.59 Å². The van der Waals surface area contributed by atoms with Gasteiger partial charge in [0.2, 0.25) is 0 Å². The van der Waals surface area contributed by atoms with Gasteiger partial charge in [0.05, 0.1) is 17.0 Å². The molecule has 0 fully saturated rings. The van der Waals surface area contributed by atoms with Gasteiger partial charge in [-0.05, 0) is 24.6 Å². The number of halogens is 1. The van der Waals surface area contributed by atoms with Crippen LogP contribution in [0.4, 0.5) is 0 Å². The predicted octanol–water partition coefficient (Wildman–Crippen LogP) is 2.26. The molecule has 1 aromatic carbocycles. The van der Waals surface area contributed by atoms with Gasteiger partial charge in [-0.15, -0.1) is 0 Å². The van der Waals surface area contributed by atoms with Crippen LogP contribution in [0.2, 0.25) is 0 Å². The Morgan fingerprint density at radius 1 is 1.60 bits per heavy atom. The average molecular weight is 266 g/mol. The molecule has 0 amide bonds. The zero-order valence-electron chi connectivity index (χ0n) is 8.08. The van der Waals surface area contributed by atoms with Crippen LogP contribution in [0.25, 0.3) is 0 Å². The molecule has 0 spiro atoms. The van der Waals surface area contributed by atoms with Gasteiger partial charge in [0.15, 0.2) is 12.1 Å². The third-order valence-corrected chi connectivity index (χ3v) is 2.58. The van der Waals surface area contributed by atoms with Crippen molar-refractivity contribution in [2.24, 2.45) is 0 Å². The Labute approximate surface area is 95.8 Å². The Morgan fingerprint density at radius 3 is 2.73 bits per heavy atom. The van der Waals surface area contributed by atoms with Crippen molar-refractivity contribution in [3.8, 4) is 6.07 Å². The molecule has 1 rings (SSSR count). The lowest BCUT2D eigenvalue weighted by atomic mass is 9.98. The van der Waals surface area contributed by atoms with Gasteiger partial charge in [-0.25, -0.2) is 0 Å². The predicted molar refractivity (Wildman–Crippen MR) is 59.4 cm³/mol. The van der Waals surface area contributed by atoms with Crippen LogP contribution >= 0.6 is 15.9 Å². The van der Waals surface area contributed by atoms with E-state index in [2.05, 4.69) is 15.9 Å². The Hall–Kier alpha value is -1.47. The van der Waals surface area contributed by atoms with Gasteiger partial charge >= 0.3 is 0 Å². The second-order valence-electron chi connectivity index (χ2n) is 3.04. The number of ketones is 1. The first-order valence-electron chi connectivity index (χ1n) is 4.23. The summed E-state index contributed by atoms with van der Waals surface area (Å²) in [6.45, 7) is 1.74. The fourth-order valence-electron chi connectivity index (χ4n) is 1.30. The topological polar surface area (TPSA) is 57.9 Å². The lowest BCUT2D eigenvalue weighted by Gasteiger charge is -2.05. The Kier molecular flexibility index (Phi) is 3.75. The van der Waals surface area contributed by atoms with Crippen molar-refractivity contribution in [3.63, 3.8) is 0 Å². The molecule has 0 aliphatic carbocycles. The van der Waals surface area contributed by atoms with E-state index in [0.717, 1.165) is 0 Å². The third-order valence-electron chi connectivity index (χ3n) is 2.07. The van der Waals surface area contributed by atoms with Crippen molar-refractivity contribution >= 4 is 28.0 Å². The molecule has 0 bridgehead atoms. The number of nitrogens with zero attached hydrogens (tertiary/aromatic N) is 1. The zero-order chi connectivity index (χ0) is 11.4. The standard InChI is InChI=1S/C11H8BrNO2/c1-7-2-9(6-14)8(5-13)3-10(7)11(15)4-12/h2-3,6H,4H2,1H3. The molecule has 0 aliphatic heterocycles. The quantitative estimate of drug-likeness (QED) is 0.479. The number of hydrogen-bond donors (Lipinski definition) is 0. The molecule has 0 aromatic heterocycles. The highest BCUT2D eigenvalue weighted by Gasteiger charge is 2.11. The molecule has 15 heavy (non-hydrogen) atoms. The molecule has 0 N–H and O–H groups in total. The summed E-state index contributed by atoms with van der Waals surface area (Å²) in [6, 6.07) is 4.91. The third kappa shape index (κ3) is 2.31. The van der Waals surface area contributed by atoms with E-state index in [0.29, 0.717) is 23.0 Å². The van der Waals surface area contributed by atoms with Crippen LogP contribution in [-0.4, -0.2) is 17.4 Å². The summed E-state index contributed by atoms with van der Waals surface area (Å²) in [5.74, 6) is -0.0959. The summed E-state index contributed by atoms with van der Waals surface area (Å²) in [6.07, 6.45) is 0.619. The molecule has 0 saturated carbocycles. The lowest BCUT2D eigenvalue weighted by molar-refractivity contribution is 0.102. The van der Waals surface area contributed by atoms with Gasteiger partial charge in [-0.1, -0.05) is 15.9 Å². The van der Waals surface area contributed by atoms with Gasteiger partial charge in [0, 0.05) is 11.1 Å². The van der Waals surface area contributed by atoms with E-state index in [1.165, 1.54) is 6.07 Å². The first-order chi connectivity index (χ1) is 7.13. The van der Waals surface area contributed by atoms with E-state index in [-0.39, 0.29) is 16.7 Å². The van der Waals surface area contributed by atoms with E-state index in [4.69, 9.17) is 5.26 Å². The minimum atomic E-state index is -0.0959. The number of aldehydes is 1. The maximum Gasteiger partial charge on any atom is 0.173 e. The first kappa shape index (κ1) is 11.6. The van der Waals surface area contributed by atoms with Gasteiger partial charge in [0.25, 0.3) is 0 Å². The number of alkyl halides is 1. The molecular formula is C11H8BrNO2. The summed E-state index contributed by atoms with van der Waals surface area (Å²) in [5, 5.41) is 8.99. The number of hydrogen-bond acceptors (Lipinski definition) is 3. The number of rotatable bonds is 3. The number of nitriles is 1. The summed E-state index contributed by atoms with van der Waals surface area (Å²) in [5.41, 5.74) is 1.75. The number of carbonyl (C=O) groups excluding carboxylic acids is 2. The highest BCUT2D eigenvalue weighted by molar-refractivity contribution is 9.09. The molecule has 0 saturated heterocycles. The van der Waals surface area contributed by atoms with Crippen LogP contribution in [0.3, 0.4) is 0 Å². The Balaban J connectivity index is 3.40. The molecule has 0 aliphatic rings. The van der Waals surface area contributed by atoms with E-state index in [1.54, 1.807) is 13.0 Å². The molecular weight excluding hydrogens is 258 g/mol. The second kappa shape index (κ2) is 4.85. The average Bonchev–Trinajstić information content (AvgIpc) is 2.27. The Bertz CT molecular complexity index is 460. The van der Waals surface area contributed by atoms with Gasteiger partial charge in [0.1, 0.15) is 0 Å². The van der Waals surface area contributed by atoms with Crippen LogP contribution < -0.4 is 0 Å². The summed E-state index contributed by atoms with van der Waals surface area (Å²) in [7, 11) is 0. The molecule has 0 unspecified atom stereocenters. The van der Waals surface area contributed by atoms with Gasteiger partial charge in [-0.2, -0.15) is 5.26 Å². The number of Topliss-reactive ketones (excluding diaryl/α,β-unsaturated/α-hetero) is 1. The van der Waals surface area contributed by atoms with Crippen LogP contribution in [0, 0.1) is 18.3 Å². The normalized spacial score (nSPS) is 9.40. The van der Waals surface area contributed by atoms with Gasteiger partial charge < -0.3 is 0 Å². The van der Waals surface area contributed by atoms with Crippen LogP contribution in [0.5, 0.6) is 0 Å². The summed E-state index contributed by atoms with van der Waals surface area (Å²) in [4.78, 5) is 22.1. The smallest absolute Gasteiger partial charge is 0.173 e. The lowest BCUT2D eigenvalue weighted by Crippen LogP contribution is -2.05. The van der Waals surface area contributed by atoms with Crippen LogP contribution in [0.15, 0.2) is 12.1 Å². The minimum Gasteiger partial charge on any atom is -0.298 e. The molecule has 76 valence electrons. The van der Waals surface area contributed by atoms with Crippen LogP contribution in [0.1, 0.15) is 31.8 Å². The fraction of sp³-hybridized carbons (Fsp3) is 0.182. The van der Waals surface area contributed by atoms with E-state index < -0.39 is 0 Å². The summed E-state index contributed by atoms with van der Waals surface area (Å²) < 4.78 is 0. The first-order valence-corrected chi connectivity index (χ1v) is 5.35. The largest absolute Gasteiger partial charge is 0.298 e. The number of carbonyl (C=O) groups is 2. The SMILES string of the molecule is Cc1cc(C=O)c(C#N)cc1C(=O)CBr. The molecule has 1 aromatic rings. The molecule has 0 atom stereocenters. The molecule has 0 heterocycles. The van der Waals surface area contributed by atoms with Crippen molar-refractivity contribution in [2.45, 2.75) is 6.92 Å². The maximum atomic E-state index is 11.5. The van der Waals surface area contributed by atoms with E-state index in [9.17, 15) is 9.59 Å². The maximum absolute atomic E-state index is 11.5. The van der Waals surface area contributed by atoms with Crippen molar-refractivity contribution in [2.75, 3.05) is 5.33 Å². The van der Waals surface area contributed by atoms with E-state index >= 15 is 0 Å². The van der Waals surface area contributed by atoms with Gasteiger partial charge in [-0.3, -0.25) is 9.59 Å². The molecule has 0 radical (unpaired) electrons. The minimum absolute atomic E-state index is 0.0959. The van der Waals surface area contributed by atoms with Crippen LogP contribution in [-0.2, 0) is 0 Å². The highest BCUT2D eigenvalue weighted by atomic mass is 79.9. The monoisotopic (exact) mass is 265 g/mol. The highest BCUT2D eigenvalue weighted by Crippen LogP contribution is 2.16. The van der Waals surface area contributed by atoms with Crippen molar-refractivity contribution in [1.29, 1.82) is 5.26 Å². The summed E-state index contributed by atoms with van der Waals surface area (Å²) >= 11 is 3.07. The van der Waals surface area contributed by atoms with E-state index in [1.807, 2.05) is 6.07 Å². The van der Waals surface area contributed by atoms with Crippen molar-refractivity contribution in [1.82, 2.24) is 0 Å². The number of aryl methyl sites for hydroxylation is 1. The fourth-order valence-corrected chi connectivity index (χ4v) is 1.60. The second-order valence-corrected chi connectivity index (χ2v) is 3.60. The van der Waals surface area contributed by atoms with Crippen molar-refractivity contribution in [3.05, 3.63) is 34.4 Å². The number of benzene rings is 1.